The Kier molecular flexibility index (Phi) is 2.52. The minimum Gasteiger partial charge on any atom is -0.366 e. The van der Waals surface area contributed by atoms with E-state index in [1.165, 1.54) is 6.20 Å². The number of fused-ring (bicyclic) bond motifs is 1. The van der Waals surface area contributed by atoms with Crippen LogP contribution in [0.15, 0.2) is 12.3 Å². The summed E-state index contributed by atoms with van der Waals surface area (Å²) in [6.45, 7) is 3.71. The standard InChI is InChI=1S/C11H10ClN3O/c1-5-3-7-9(12)8(11(13)16)4-14-10(7)6(2)15-5/h3-4H,1-2H3,(H2,13,16). The van der Waals surface area contributed by atoms with Crippen molar-refractivity contribution in [2.75, 3.05) is 0 Å². The van der Waals surface area contributed by atoms with Crippen molar-refractivity contribution in [1.82, 2.24) is 9.97 Å². The Balaban J connectivity index is 2.89. The maximum atomic E-state index is 11.1. The average molecular weight is 236 g/mol. The first kappa shape index (κ1) is 10.8. The van der Waals surface area contributed by atoms with E-state index in [9.17, 15) is 4.79 Å². The van der Waals surface area contributed by atoms with Gasteiger partial charge in [-0.3, -0.25) is 14.8 Å². The molecule has 0 aromatic carbocycles. The van der Waals surface area contributed by atoms with Gasteiger partial charge in [0.15, 0.2) is 0 Å². The van der Waals surface area contributed by atoms with Crippen molar-refractivity contribution in [3.8, 4) is 0 Å². The summed E-state index contributed by atoms with van der Waals surface area (Å²) in [7, 11) is 0. The number of halogens is 1. The second-order valence-corrected chi connectivity index (χ2v) is 3.97. The monoisotopic (exact) mass is 235 g/mol. The van der Waals surface area contributed by atoms with E-state index in [4.69, 9.17) is 17.3 Å². The molecule has 2 heterocycles. The second kappa shape index (κ2) is 3.72. The van der Waals surface area contributed by atoms with Gasteiger partial charge < -0.3 is 5.73 Å². The molecule has 0 atom stereocenters. The molecule has 0 bridgehead atoms. The first-order valence-electron chi connectivity index (χ1n) is 4.73. The summed E-state index contributed by atoms with van der Waals surface area (Å²) in [6.07, 6.45) is 1.39. The van der Waals surface area contributed by atoms with Gasteiger partial charge in [-0.25, -0.2) is 0 Å². The van der Waals surface area contributed by atoms with E-state index >= 15 is 0 Å². The molecule has 4 nitrogen and oxygen atoms in total. The van der Waals surface area contributed by atoms with Crippen molar-refractivity contribution >= 4 is 28.4 Å². The molecular weight excluding hydrogens is 226 g/mol. The van der Waals surface area contributed by atoms with E-state index in [2.05, 4.69) is 9.97 Å². The lowest BCUT2D eigenvalue weighted by molar-refractivity contribution is 0.100. The molecule has 0 unspecified atom stereocenters. The first-order chi connectivity index (χ1) is 7.50. The number of nitrogens with zero attached hydrogens (tertiary/aromatic N) is 2. The van der Waals surface area contributed by atoms with Crippen LogP contribution >= 0.6 is 11.6 Å². The highest BCUT2D eigenvalue weighted by Crippen LogP contribution is 2.27. The third-order valence-corrected chi connectivity index (χ3v) is 2.76. The third kappa shape index (κ3) is 1.61. The zero-order valence-electron chi connectivity index (χ0n) is 8.91. The lowest BCUT2D eigenvalue weighted by Gasteiger charge is -2.06. The van der Waals surface area contributed by atoms with E-state index in [0.29, 0.717) is 15.9 Å². The fraction of sp³-hybridized carbons (Fsp3) is 0.182. The molecular formula is C11H10ClN3O. The minimum atomic E-state index is -0.577. The van der Waals surface area contributed by atoms with E-state index in [0.717, 1.165) is 11.4 Å². The topological polar surface area (TPSA) is 68.9 Å². The predicted octanol–water partition coefficient (Wildman–Crippen LogP) is 2.00. The zero-order valence-corrected chi connectivity index (χ0v) is 9.67. The first-order valence-corrected chi connectivity index (χ1v) is 5.10. The van der Waals surface area contributed by atoms with Crippen LogP contribution in [0.4, 0.5) is 0 Å². The van der Waals surface area contributed by atoms with Crippen molar-refractivity contribution < 1.29 is 4.79 Å². The number of hydrogen-bond acceptors (Lipinski definition) is 3. The SMILES string of the molecule is Cc1cc2c(Cl)c(C(N)=O)cnc2c(C)n1. The molecule has 2 aromatic heterocycles. The van der Waals surface area contributed by atoms with Crippen LogP contribution in [-0.2, 0) is 0 Å². The number of carbonyl (C=O) groups is 1. The summed E-state index contributed by atoms with van der Waals surface area (Å²) in [5.74, 6) is -0.577. The molecule has 2 rings (SSSR count). The van der Waals surface area contributed by atoms with Gasteiger partial charge in [0.05, 0.1) is 21.8 Å². The van der Waals surface area contributed by atoms with Crippen LogP contribution in [0.1, 0.15) is 21.7 Å². The summed E-state index contributed by atoms with van der Waals surface area (Å²) in [6, 6.07) is 1.80. The highest BCUT2D eigenvalue weighted by Gasteiger charge is 2.13. The Bertz CT molecular complexity index is 595. The molecule has 2 aromatic rings. The molecule has 2 N–H and O–H groups in total. The van der Waals surface area contributed by atoms with Gasteiger partial charge in [-0.2, -0.15) is 0 Å². The Morgan fingerprint density at radius 3 is 2.75 bits per heavy atom. The number of amides is 1. The van der Waals surface area contributed by atoms with Gasteiger partial charge in [0.2, 0.25) is 0 Å². The molecule has 5 heteroatoms. The summed E-state index contributed by atoms with van der Waals surface area (Å²) in [5, 5.41) is 1.05. The zero-order chi connectivity index (χ0) is 11.9. The van der Waals surface area contributed by atoms with Crippen molar-refractivity contribution in [3.05, 3.63) is 34.2 Å². The molecule has 0 saturated heterocycles. The normalized spacial score (nSPS) is 10.7. The number of carbonyl (C=O) groups excluding carboxylic acids is 1. The summed E-state index contributed by atoms with van der Waals surface area (Å²) in [4.78, 5) is 19.6. The van der Waals surface area contributed by atoms with Crippen LogP contribution < -0.4 is 5.73 Å². The molecule has 0 aliphatic rings. The Morgan fingerprint density at radius 1 is 1.44 bits per heavy atom. The number of hydrogen-bond donors (Lipinski definition) is 1. The van der Waals surface area contributed by atoms with Crippen LogP contribution in [0.25, 0.3) is 10.9 Å². The van der Waals surface area contributed by atoms with Gasteiger partial charge in [-0.1, -0.05) is 11.6 Å². The lowest BCUT2D eigenvalue weighted by Crippen LogP contribution is -2.12. The minimum absolute atomic E-state index is 0.235. The maximum Gasteiger partial charge on any atom is 0.251 e. The average Bonchev–Trinajstić information content (AvgIpc) is 2.19. The number of primary amides is 1. The molecule has 0 aliphatic heterocycles. The van der Waals surface area contributed by atoms with Gasteiger partial charge in [-0.05, 0) is 19.9 Å². The number of nitrogens with two attached hydrogens (primary N) is 1. The van der Waals surface area contributed by atoms with Crippen LogP contribution in [-0.4, -0.2) is 15.9 Å². The molecule has 0 aliphatic carbocycles. The highest BCUT2D eigenvalue weighted by molar-refractivity contribution is 6.38. The third-order valence-electron chi connectivity index (χ3n) is 2.36. The molecule has 16 heavy (non-hydrogen) atoms. The smallest absolute Gasteiger partial charge is 0.251 e. The molecule has 0 spiro atoms. The van der Waals surface area contributed by atoms with Crippen molar-refractivity contribution in [3.63, 3.8) is 0 Å². The van der Waals surface area contributed by atoms with Gasteiger partial charge >= 0.3 is 0 Å². The highest BCUT2D eigenvalue weighted by atomic mass is 35.5. The van der Waals surface area contributed by atoms with E-state index < -0.39 is 5.91 Å². The number of aromatic nitrogens is 2. The summed E-state index contributed by atoms with van der Waals surface area (Å²) >= 11 is 6.11. The van der Waals surface area contributed by atoms with Crippen molar-refractivity contribution in [2.24, 2.45) is 5.73 Å². The lowest BCUT2D eigenvalue weighted by atomic mass is 10.1. The van der Waals surface area contributed by atoms with Crippen molar-refractivity contribution in [1.29, 1.82) is 0 Å². The van der Waals surface area contributed by atoms with Gasteiger partial charge in [0.1, 0.15) is 0 Å². The number of rotatable bonds is 1. The summed E-state index contributed by atoms with van der Waals surface area (Å²) in [5.41, 5.74) is 7.75. The fourth-order valence-electron chi connectivity index (χ4n) is 1.65. The fourth-order valence-corrected chi connectivity index (χ4v) is 1.94. The van der Waals surface area contributed by atoms with Crippen LogP contribution in [0, 0.1) is 13.8 Å². The van der Waals surface area contributed by atoms with E-state index in [-0.39, 0.29) is 5.56 Å². The Labute approximate surface area is 97.5 Å². The Morgan fingerprint density at radius 2 is 2.12 bits per heavy atom. The number of pyridine rings is 2. The van der Waals surface area contributed by atoms with E-state index in [1.807, 2.05) is 13.8 Å². The molecule has 0 radical (unpaired) electrons. The van der Waals surface area contributed by atoms with Crippen LogP contribution in [0.2, 0.25) is 5.02 Å². The quantitative estimate of drug-likeness (QED) is 0.822. The molecule has 1 amide bonds. The van der Waals surface area contributed by atoms with Crippen molar-refractivity contribution in [2.45, 2.75) is 13.8 Å². The largest absolute Gasteiger partial charge is 0.366 e. The second-order valence-electron chi connectivity index (χ2n) is 3.60. The predicted molar refractivity (Wildman–Crippen MR) is 62.5 cm³/mol. The number of aryl methyl sites for hydroxylation is 2. The van der Waals surface area contributed by atoms with Crippen LogP contribution in [0.5, 0.6) is 0 Å². The summed E-state index contributed by atoms with van der Waals surface area (Å²) < 4.78 is 0. The van der Waals surface area contributed by atoms with Gasteiger partial charge in [0.25, 0.3) is 5.91 Å². The Hall–Kier alpha value is -1.68. The molecule has 82 valence electrons. The molecule has 0 saturated carbocycles. The molecule has 0 fully saturated rings. The van der Waals surface area contributed by atoms with Gasteiger partial charge in [0, 0.05) is 17.3 Å². The van der Waals surface area contributed by atoms with Crippen LogP contribution in [0.3, 0.4) is 0 Å². The van der Waals surface area contributed by atoms with Gasteiger partial charge in [-0.15, -0.1) is 0 Å². The maximum absolute atomic E-state index is 11.1. The van der Waals surface area contributed by atoms with E-state index in [1.54, 1.807) is 6.07 Å².